The van der Waals surface area contributed by atoms with Gasteiger partial charge in [-0.25, -0.2) is 4.79 Å². The van der Waals surface area contributed by atoms with Gasteiger partial charge in [0.05, 0.1) is 69.0 Å². The van der Waals surface area contributed by atoms with Gasteiger partial charge in [-0.15, -0.1) is 0 Å². The summed E-state index contributed by atoms with van der Waals surface area (Å²) in [4.78, 5) is 39.5. The minimum absolute atomic E-state index is 0.0260. The maximum absolute atomic E-state index is 13.7. The number of carbonyl (C=O) groups is 3. The highest BCUT2D eigenvalue weighted by Crippen LogP contribution is 2.49. The highest BCUT2D eigenvalue weighted by molar-refractivity contribution is 6.55. The first-order chi connectivity index (χ1) is 22.6. The Morgan fingerprint density at radius 3 is 1.91 bits per heavy atom. The van der Waals surface area contributed by atoms with Gasteiger partial charge in [0.1, 0.15) is 18.8 Å². The van der Waals surface area contributed by atoms with Crippen LogP contribution in [0.3, 0.4) is 0 Å². The summed E-state index contributed by atoms with van der Waals surface area (Å²) in [7, 11) is 0. The van der Waals surface area contributed by atoms with E-state index in [4.69, 9.17) is 65.4 Å². The minimum Gasteiger partial charge on any atom is -0.445 e. The van der Waals surface area contributed by atoms with E-state index < -0.39 is 54.1 Å². The summed E-state index contributed by atoms with van der Waals surface area (Å²) >= 11 is 25.0. The standard InChI is InChI=1S/C33H31Cl4NO9/c34-24-20-21(25(35)27(37)26(24)36)30(41)22(29(20)40)23-31(42)28(39)19(16-44-14-17-8-3-1-4-9-17)47-32(23)45-13-7-12-38-33(43)46-15-18-10-5-2-6-11-18/h1-6,8-11,19,22-23,28,31-32,39,42H,7,12-16H2,(H,38,43). The number of halogens is 4. The Kier molecular flexibility index (Phi) is 12.2. The molecule has 250 valence electrons. The number of hydrogen-bond acceptors (Lipinski definition) is 9. The van der Waals surface area contributed by atoms with E-state index >= 15 is 0 Å². The fourth-order valence-corrected chi connectivity index (χ4v) is 6.61. The quantitative estimate of drug-likeness (QED) is 0.0900. The van der Waals surface area contributed by atoms with E-state index in [0.717, 1.165) is 11.1 Å². The van der Waals surface area contributed by atoms with Crippen LogP contribution >= 0.6 is 46.4 Å². The molecule has 3 N–H and O–H groups in total. The number of carbonyl (C=O) groups excluding carboxylic acids is 3. The van der Waals surface area contributed by atoms with E-state index in [2.05, 4.69) is 5.32 Å². The largest absolute Gasteiger partial charge is 0.445 e. The Bertz CT molecular complexity index is 1550. The molecule has 5 unspecified atom stereocenters. The predicted octanol–water partition coefficient (Wildman–Crippen LogP) is 5.91. The molecule has 1 fully saturated rings. The lowest BCUT2D eigenvalue weighted by atomic mass is 9.78. The number of fused-ring (bicyclic) bond motifs is 1. The summed E-state index contributed by atoms with van der Waals surface area (Å²) in [5, 5.41) is 24.2. The lowest BCUT2D eigenvalue weighted by Crippen LogP contribution is -2.59. The smallest absolute Gasteiger partial charge is 0.407 e. The zero-order chi connectivity index (χ0) is 33.7. The molecule has 1 aliphatic carbocycles. The van der Waals surface area contributed by atoms with Gasteiger partial charge >= 0.3 is 6.09 Å². The Morgan fingerprint density at radius 1 is 0.787 bits per heavy atom. The number of aliphatic hydroxyl groups excluding tert-OH is 2. The third-order valence-electron chi connectivity index (χ3n) is 7.94. The molecule has 3 aromatic carbocycles. The van der Waals surface area contributed by atoms with Crippen LogP contribution < -0.4 is 5.32 Å². The Labute approximate surface area is 290 Å². The summed E-state index contributed by atoms with van der Waals surface area (Å²) in [5.41, 5.74) is 1.26. The summed E-state index contributed by atoms with van der Waals surface area (Å²) in [5.74, 6) is -4.51. The van der Waals surface area contributed by atoms with Crippen LogP contribution in [0.2, 0.25) is 20.1 Å². The van der Waals surface area contributed by atoms with Crippen LogP contribution in [0.25, 0.3) is 0 Å². The van der Waals surface area contributed by atoms with Crippen molar-refractivity contribution in [1.29, 1.82) is 0 Å². The van der Waals surface area contributed by atoms with Gasteiger partial charge in [-0.2, -0.15) is 0 Å². The lowest BCUT2D eigenvalue weighted by Gasteiger charge is -2.44. The first-order valence-electron chi connectivity index (χ1n) is 14.7. The molecule has 0 aromatic heterocycles. The molecule has 1 saturated heterocycles. The molecule has 5 rings (SSSR count). The molecule has 0 bridgehead atoms. The topological polar surface area (TPSA) is 141 Å². The van der Waals surface area contributed by atoms with E-state index in [1.807, 2.05) is 60.7 Å². The second-order valence-corrected chi connectivity index (χ2v) is 12.5. The van der Waals surface area contributed by atoms with Gasteiger partial charge in [0, 0.05) is 6.54 Å². The third kappa shape index (κ3) is 7.94. The van der Waals surface area contributed by atoms with E-state index in [1.165, 1.54) is 0 Å². The third-order valence-corrected chi connectivity index (χ3v) is 9.74. The van der Waals surface area contributed by atoms with Gasteiger partial charge < -0.3 is 34.5 Å². The first kappa shape index (κ1) is 35.5. The number of ketones is 2. The van der Waals surface area contributed by atoms with Gasteiger partial charge in [0.2, 0.25) is 0 Å². The van der Waals surface area contributed by atoms with Gasteiger partial charge in [0.15, 0.2) is 17.9 Å². The molecular formula is C33H31Cl4NO9. The number of ether oxygens (including phenoxy) is 4. The van der Waals surface area contributed by atoms with Crippen molar-refractivity contribution in [3.63, 3.8) is 0 Å². The molecule has 5 atom stereocenters. The fraction of sp³-hybridized carbons (Fsp3) is 0.364. The molecule has 47 heavy (non-hydrogen) atoms. The highest BCUT2D eigenvalue weighted by atomic mass is 35.5. The fourth-order valence-electron chi connectivity index (χ4n) is 5.57. The maximum atomic E-state index is 13.7. The number of amides is 1. The van der Waals surface area contributed by atoms with Crippen LogP contribution in [0.15, 0.2) is 60.7 Å². The second kappa shape index (κ2) is 16.1. The van der Waals surface area contributed by atoms with Gasteiger partial charge in [-0.1, -0.05) is 107 Å². The molecule has 0 saturated carbocycles. The Balaban J connectivity index is 1.27. The van der Waals surface area contributed by atoms with Crippen molar-refractivity contribution < 1.29 is 43.5 Å². The molecule has 2 aliphatic rings. The van der Waals surface area contributed by atoms with E-state index in [-0.39, 0.29) is 70.6 Å². The molecule has 1 amide bonds. The number of rotatable bonds is 12. The van der Waals surface area contributed by atoms with E-state index in [1.54, 1.807) is 0 Å². The average molecular weight is 727 g/mol. The van der Waals surface area contributed by atoms with Crippen molar-refractivity contribution in [2.24, 2.45) is 11.8 Å². The zero-order valence-corrected chi connectivity index (χ0v) is 27.8. The molecule has 14 heteroatoms. The summed E-state index contributed by atoms with van der Waals surface area (Å²) < 4.78 is 23.0. The summed E-state index contributed by atoms with van der Waals surface area (Å²) in [6.07, 6.45) is -6.01. The number of benzene rings is 3. The van der Waals surface area contributed by atoms with Crippen LogP contribution in [-0.2, 0) is 32.2 Å². The Hall–Kier alpha value is -2.77. The van der Waals surface area contributed by atoms with Crippen LogP contribution in [-0.4, -0.2) is 72.2 Å². The zero-order valence-electron chi connectivity index (χ0n) is 24.7. The predicted molar refractivity (Wildman–Crippen MR) is 174 cm³/mol. The van der Waals surface area contributed by atoms with Crippen molar-refractivity contribution in [3.8, 4) is 0 Å². The molecule has 1 heterocycles. The molecule has 0 radical (unpaired) electrons. The maximum Gasteiger partial charge on any atom is 0.407 e. The number of Topliss-reactive ketones (excluding diaryl/α,β-unsaturated/α-hetero) is 2. The van der Waals surface area contributed by atoms with Crippen LogP contribution in [0.4, 0.5) is 4.79 Å². The van der Waals surface area contributed by atoms with Gasteiger partial charge in [-0.3, -0.25) is 9.59 Å². The number of alkyl carbamates (subject to hydrolysis) is 1. The molecule has 10 nitrogen and oxygen atoms in total. The number of aliphatic hydroxyl groups is 2. The average Bonchev–Trinajstić information content (AvgIpc) is 3.34. The minimum atomic E-state index is -1.67. The van der Waals surface area contributed by atoms with E-state index in [9.17, 15) is 24.6 Å². The van der Waals surface area contributed by atoms with Gasteiger partial charge in [0.25, 0.3) is 0 Å². The van der Waals surface area contributed by atoms with Crippen LogP contribution in [0.1, 0.15) is 38.3 Å². The molecular weight excluding hydrogens is 696 g/mol. The number of nitrogens with one attached hydrogen (secondary N) is 1. The summed E-state index contributed by atoms with van der Waals surface area (Å²) in [6.45, 7) is 0.309. The van der Waals surface area contributed by atoms with Crippen LogP contribution in [0.5, 0.6) is 0 Å². The summed E-state index contributed by atoms with van der Waals surface area (Å²) in [6, 6.07) is 18.5. The SMILES string of the molecule is O=C(NCCCOC1OC(COCc2ccccc2)C(O)C(O)C1C1C(=O)c2c(Cl)c(Cl)c(Cl)c(Cl)c2C1=O)OCc1ccccc1. The Morgan fingerprint density at radius 2 is 1.34 bits per heavy atom. The highest BCUT2D eigenvalue weighted by Gasteiger charge is 2.56. The van der Waals surface area contributed by atoms with E-state index in [0.29, 0.717) is 0 Å². The lowest BCUT2D eigenvalue weighted by molar-refractivity contribution is -0.291. The normalized spacial score (nSPS) is 22.7. The first-order valence-corrected chi connectivity index (χ1v) is 16.2. The van der Waals surface area contributed by atoms with Crippen LogP contribution in [0, 0.1) is 11.8 Å². The van der Waals surface area contributed by atoms with Gasteiger partial charge in [-0.05, 0) is 17.5 Å². The molecule has 1 aliphatic heterocycles. The van der Waals surface area contributed by atoms with Crippen molar-refractivity contribution in [1.82, 2.24) is 5.32 Å². The second-order valence-electron chi connectivity index (χ2n) is 11.0. The number of hydrogen-bond donors (Lipinski definition) is 3. The van der Waals surface area contributed by atoms with Crippen molar-refractivity contribution in [3.05, 3.63) is 103 Å². The molecule has 0 spiro atoms. The molecule has 3 aromatic rings. The monoisotopic (exact) mass is 725 g/mol. The van der Waals surface area contributed by atoms with Crippen molar-refractivity contribution >= 4 is 64.1 Å². The van der Waals surface area contributed by atoms with Crippen molar-refractivity contribution in [2.45, 2.75) is 44.2 Å². The van der Waals surface area contributed by atoms with Crippen molar-refractivity contribution in [2.75, 3.05) is 19.8 Å².